The van der Waals surface area contributed by atoms with Crippen molar-refractivity contribution in [3.63, 3.8) is 0 Å². The van der Waals surface area contributed by atoms with E-state index in [1.165, 1.54) is 43.4 Å². The Morgan fingerprint density at radius 3 is 2.50 bits per heavy atom. The number of amides is 1. The highest BCUT2D eigenvalue weighted by Gasteiger charge is 2.25. The van der Waals surface area contributed by atoms with Gasteiger partial charge in [-0.3, -0.25) is 4.79 Å². The number of carbonyl (C=O) groups is 1. The second-order valence-corrected chi connectivity index (χ2v) is 8.50. The molecule has 2 rings (SSSR count). The van der Waals surface area contributed by atoms with Crippen LogP contribution < -0.4 is 10.6 Å². The van der Waals surface area contributed by atoms with Gasteiger partial charge in [0.1, 0.15) is 6.54 Å². The van der Waals surface area contributed by atoms with Gasteiger partial charge in [-0.25, -0.2) is 4.99 Å². The number of halogens is 1. The Bertz CT molecular complexity index is 552. The maximum atomic E-state index is 11.9. The summed E-state index contributed by atoms with van der Waals surface area (Å²) in [6.07, 6.45) is 7.84. The highest BCUT2D eigenvalue weighted by atomic mass is 127. The number of guanidine groups is 1. The average Bonchev–Trinajstić information content (AvgIpc) is 3.01. The molecule has 1 fully saturated rings. The molecule has 148 valence electrons. The van der Waals surface area contributed by atoms with Gasteiger partial charge >= 0.3 is 0 Å². The van der Waals surface area contributed by atoms with Gasteiger partial charge < -0.3 is 15.5 Å². The number of hydrogen-bond donors (Lipinski definition) is 2. The lowest BCUT2D eigenvalue weighted by Crippen LogP contribution is -2.43. The number of carbonyl (C=O) groups excluding carboxylic acids is 1. The van der Waals surface area contributed by atoms with Crippen molar-refractivity contribution >= 4 is 47.2 Å². The average molecular weight is 492 g/mol. The molecule has 1 aromatic rings. The van der Waals surface area contributed by atoms with Crippen LogP contribution in [0, 0.1) is 5.41 Å². The number of nitrogens with zero attached hydrogens (tertiary/aromatic N) is 2. The fraction of sp³-hybridized carbons (Fsp3) is 0.684. The van der Waals surface area contributed by atoms with E-state index in [1.807, 2.05) is 6.07 Å². The van der Waals surface area contributed by atoms with Gasteiger partial charge in [-0.2, -0.15) is 0 Å². The lowest BCUT2D eigenvalue weighted by molar-refractivity contribution is -0.127. The summed E-state index contributed by atoms with van der Waals surface area (Å²) in [4.78, 5) is 19.2. The minimum absolute atomic E-state index is 0. The standard InChI is InChI=1S/C19H32N4OS.HI/c1-19(10-6-4-5-7-11-19)15-22-18(21-14-17(24)23(2)3)20-13-16-9-8-12-25-16;/h8-9,12H,4-7,10-11,13-15H2,1-3H3,(H2,20,21,22);1H. The summed E-state index contributed by atoms with van der Waals surface area (Å²) in [5.74, 6) is 0.743. The Hall–Kier alpha value is -0.830. The molecule has 1 saturated carbocycles. The molecule has 0 atom stereocenters. The molecule has 1 aliphatic carbocycles. The normalized spacial score (nSPS) is 17.0. The number of hydrogen-bond acceptors (Lipinski definition) is 3. The Morgan fingerprint density at radius 1 is 1.23 bits per heavy atom. The fourth-order valence-electron chi connectivity index (χ4n) is 3.10. The highest BCUT2D eigenvalue weighted by Crippen LogP contribution is 2.33. The molecule has 0 unspecified atom stereocenters. The van der Waals surface area contributed by atoms with Crippen molar-refractivity contribution in [2.75, 3.05) is 27.2 Å². The second kappa shape index (κ2) is 11.8. The van der Waals surface area contributed by atoms with Crippen molar-refractivity contribution in [2.24, 2.45) is 10.4 Å². The number of thiophene rings is 1. The third-order valence-electron chi connectivity index (χ3n) is 4.87. The topological polar surface area (TPSA) is 56.7 Å². The number of likely N-dealkylation sites (N-methyl/N-ethyl adjacent to an activating group) is 1. The summed E-state index contributed by atoms with van der Waals surface area (Å²) in [5, 5.41) is 8.93. The Kier molecular flexibility index (Phi) is 10.5. The molecule has 0 spiro atoms. The van der Waals surface area contributed by atoms with Crippen LogP contribution in [0.1, 0.15) is 50.3 Å². The summed E-state index contributed by atoms with van der Waals surface area (Å²) in [6.45, 7) is 4.17. The van der Waals surface area contributed by atoms with Gasteiger partial charge in [-0.15, -0.1) is 35.3 Å². The van der Waals surface area contributed by atoms with Crippen LogP contribution in [0.4, 0.5) is 0 Å². The largest absolute Gasteiger partial charge is 0.356 e. The summed E-state index contributed by atoms with van der Waals surface area (Å²) in [7, 11) is 3.52. The van der Waals surface area contributed by atoms with Crippen LogP contribution in [0.15, 0.2) is 22.5 Å². The fourth-order valence-corrected chi connectivity index (χ4v) is 3.75. The minimum Gasteiger partial charge on any atom is -0.356 e. The van der Waals surface area contributed by atoms with Crippen LogP contribution in [0.5, 0.6) is 0 Å². The first-order chi connectivity index (χ1) is 12.0. The molecule has 0 bridgehead atoms. The molecule has 0 radical (unpaired) electrons. The minimum atomic E-state index is 0. The van der Waals surface area contributed by atoms with Crippen LogP contribution in [-0.4, -0.2) is 44.0 Å². The van der Waals surface area contributed by atoms with E-state index in [4.69, 9.17) is 0 Å². The third kappa shape index (κ3) is 8.24. The van der Waals surface area contributed by atoms with Gasteiger partial charge in [0.25, 0.3) is 0 Å². The first-order valence-corrected chi connectivity index (χ1v) is 10.1. The molecule has 26 heavy (non-hydrogen) atoms. The van der Waals surface area contributed by atoms with E-state index < -0.39 is 0 Å². The molecular weight excluding hydrogens is 459 g/mol. The van der Waals surface area contributed by atoms with Crippen molar-refractivity contribution in [1.29, 1.82) is 0 Å². The highest BCUT2D eigenvalue weighted by molar-refractivity contribution is 14.0. The quantitative estimate of drug-likeness (QED) is 0.275. The predicted molar refractivity (Wildman–Crippen MR) is 121 cm³/mol. The maximum absolute atomic E-state index is 11.9. The van der Waals surface area contributed by atoms with Gasteiger partial charge in [0, 0.05) is 25.5 Å². The van der Waals surface area contributed by atoms with E-state index in [0.29, 0.717) is 5.41 Å². The van der Waals surface area contributed by atoms with Crippen LogP contribution in [-0.2, 0) is 11.3 Å². The third-order valence-corrected chi connectivity index (χ3v) is 5.75. The first kappa shape index (κ1) is 23.2. The number of aliphatic imine (C=N–C) groups is 1. The van der Waals surface area contributed by atoms with E-state index in [9.17, 15) is 4.79 Å². The SMILES string of the molecule is CN(C)C(=O)CN=C(NCc1cccs1)NCC1(C)CCCCCC1.I. The van der Waals surface area contributed by atoms with Crippen molar-refractivity contribution < 1.29 is 4.79 Å². The monoisotopic (exact) mass is 492 g/mol. The molecule has 1 aromatic heterocycles. The van der Waals surface area contributed by atoms with Crippen LogP contribution >= 0.6 is 35.3 Å². The van der Waals surface area contributed by atoms with Crippen molar-refractivity contribution in [3.8, 4) is 0 Å². The zero-order chi connectivity index (χ0) is 18.1. The van der Waals surface area contributed by atoms with E-state index in [1.54, 1.807) is 30.3 Å². The number of nitrogens with one attached hydrogen (secondary N) is 2. The zero-order valence-electron chi connectivity index (χ0n) is 16.2. The lowest BCUT2D eigenvalue weighted by Gasteiger charge is -2.29. The van der Waals surface area contributed by atoms with E-state index in [2.05, 4.69) is 34.0 Å². The summed E-state index contributed by atoms with van der Waals surface area (Å²) >= 11 is 1.72. The van der Waals surface area contributed by atoms with Gasteiger partial charge in [-0.05, 0) is 29.7 Å². The predicted octanol–water partition coefficient (Wildman–Crippen LogP) is 3.85. The summed E-state index contributed by atoms with van der Waals surface area (Å²) in [5.41, 5.74) is 0.313. The molecule has 7 heteroatoms. The molecular formula is C19H33IN4OS. The second-order valence-electron chi connectivity index (χ2n) is 7.46. The van der Waals surface area contributed by atoms with Crippen LogP contribution in [0.25, 0.3) is 0 Å². The molecule has 0 saturated heterocycles. The molecule has 0 aromatic carbocycles. The van der Waals surface area contributed by atoms with Gasteiger partial charge in [0.15, 0.2) is 5.96 Å². The van der Waals surface area contributed by atoms with Crippen LogP contribution in [0.3, 0.4) is 0 Å². The Labute approximate surface area is 179 Å². The zero-order valence-corrected chi connectivity index (χ0v) is 19.4. The summed E-state index contributed by atoms with van der Waals surface area (Å²) in [6, 6.07) is 4.15. The summed E-state index contributed by atoms with van der Waals surface area (Å²) < 4.78 is 0. The molecule has 0 aliphatic heterocycles. The molecule has 1 aliphatic rings. The Morgan fingerprint density at radius 2 is 1.92 bits per heavy atom. The van der Waals surface area contributed by atoms with E-state index in [-0.39, 0.29) is 36.4 Å². The molecule has 2 N–H and O–H groups in total. The van der Waals surface area contributed by atoms with E-state index >= 15 is 0 Å². The molecule has 1 amide bonds. The molecule has 5 nitrogen and oxygen atoms in total. The maximum Gasteiger partial charge on any atom is 0.243 e. The van der Waals surface area contributed by atoms with Crippen LogP contribution in [0.2, 0.25) is 0 Å². The van der Waals surface area contributed by atoms with Crippen molar-refractivity contribution in [1.82, 2.24) is 15.5 Å². The Balaban J connectivity index is 0.00000338. The van der Waals surface area contributed by atoms with Gasteiger partial charge in [0.05, 0.1) is 6.54 Å². The van der Waals surface area contributed by atoms with Crippen molar-refractivity contribution in [2.45, 2.75) is 52.0 Å². The van der Waals surface area contributed by atoms with E-state index in [0.717, 1.165) is 19.0 Å². The molecule has 1 heterocycles. The van der Waals surface area contributed by atoms with Gasteiger partial charge in [-0.1, -0.05) is 38.7 Å². The van der Waals surface area contributed by atoms with Gasteiger partial charge in [0.2, 0.25) is 5.91 Å². The first-order valence-electron chi connectivity index (χ1n) is 9.23. The smallest absolute Gasteiger partial charge is 0.243 e. The number of rotatable bonds is 6. The lowest BCUT2D eigenvalue weighted by atomic mass is 9.82. The van der Waals surface area contributed by atoms with Crippen molar-refractivity contribution in [3.05, 3.63) is 22.4 Å².